The molecule has 2 rings (SSSR count). The molecule has 1 fully saturated rings. The van der Waals surface area contributed by atoms with Gasteiger partial charge in [-0.1, -0.05) is 6.92 Å². The van der Waals surface area contributed by atoms with E-state index in [2.05, 4.69) is 17.2 Å². The second kappa shape index (κ2) is 6.98. The van der Waals surface area contributed by atoms with Crippen LogP contribution in [-0.2, 0) is 10.0 Å². The lowest BCUT2D eigenvalue weighted by molar-refractivity contribution is 0.261. The topological polar surface area (TPSA) is 62.3 Å². The van der Waals surface area contributed by atoms with Crippen molar-refractivity contribution < 1.29 is 8.42 Å². The fraction of sp³-hybridized carbons (Fsp3) is 0.769. The number of hydrogen-bond donors (Lipinski definition) is 1. The van der Waals surface area contributed by atoms with Crippen LogP contribution in [0.15, 0.2) is 10.4 Å². The fourth-order valence-corrected chi connectivity index (χ4v) is 5.30. The molecule has 2 heterocycles. The zero-order chi connectivity index (χ0) is 14.6. The first-order valence-corrected chi connectivity index (χ1v) is 9.43. The molecule has 1 aromatic rings. The first-order valence-electron chi connectivity index (χ1n) is 7.17. The van der Waals surface area contributed by atoms with Crippen LogP contribution in [0.1, 0.15) is 31.2 Å². The molecule has 20 heavy (non-hydrogen) atoms. The molecule has 1 unspecified atom stereocenters. The molecular weight excluding hydrogens is 294 g/mol. The molecule has 0 bridgehead atoms. The maximum absolute atomic E-state index is 12.6. The predicted octanol–water partition coefficient (Wildman–Crippen LogP) is 1.85. The number of sulfonamides is 1. The summed E-state index contributed by atoms with van der Waals surface area (Å²) in [6, 6.07) is 0. The zero-order valence-electron chi connectivity index (χ0n) is 12.1. The van der Waals surface area contributed by atoms with E-state index >= 15 is 0 Å². The zero-order valence-corrected chi connectivity index (χ0v) is 13.8. The van der Waals surface area contributed by atoms with E-state index in [4.69, 9.17) is 0 Å². The Balaban J connectivity index is 2.01. The Hall–Kier alpha value is -0.500. The Bertz CT molecular complexity index is 527. The van der Waals surface area contributed by atoms with E-state index in [1.807, 2.05) is 6.92 Å². The van der Waals surface area contributed by atoms with Gasteiger partial charge in [0.1, 0.15) is 0 Å². The van der Waals surface area contributed by atoms with Crippen molar-refractivity contribution >= 4 is 21.4 Å². The Morgan fingerprint density at radius 3 is 3.00 bits per heavy atom. The second-order valence-corrected chi connectivity index (χ2v) is 8.67. The summed E-state index contributed by atoms with van der Waals surface area (Å²) in [6.07, 6.45) is 4.63. The summed E-state index contributed by atoms with van der Waals surface area (Å²) < 4.78 is 27.1. The monoisotopic (exact) mass is 317 g/mol. The molecule has 7 heteroatoms. The van der Waals surface area contributed by atoms with Crippen LogP contribution in [0.3, 0.4) is 0 Å². The van der Waals surface area contributed by atoms with Gasteiger partial charge in [-0.2, -0.15) is 4.31 Å². The largest absolute Gasteiger partial charge is 0.316 e. The summed E-state index contributed by atoms with van der Waals surface area (Å²) in [4.78, 5) is 4.06. The minimum atomic E-state index is -3.34. The van der Waals surface area contributed by atoms with Crippen LogP contribution >= 0.6 is 11.3 Å². The van der Waals surface area contributed by atoms with Gasteiger partial charge < -0.3 is 5.32 Å². The second-order valence-electron chi connectivity index (χ2n) is 5.27. The van der Waals surface area contributed by atoms with Gasteiger partial charge >= 0.3 is 0 Å². The quantitative estimate of drug-likeness (QED) is 0.814. The molecule has 1 aliphatic heterocycles. The van der Waals surface area contributed by atoms with Gasteiger partial charge in [0, 0.05) is 13.1 Å². The van der Waals surface area contributed by atoms with Crippen LogP contribution in [0.5, 0.6) is 0 Å². The highest BCUT2D eigenvalue weighted by Crippen LogP contribution is 2.26. The molecular formula is C13H23N3O2S2. The van der Waals surface area contributed by atoms with Crippen molar-refractivity contribution in [3.63, 3.8) is 0 Å². The first-order chi connectivity index (χ1) is 9.54. The van der Waals surface area contributed by atoms with E-state index in [1.54, 1.807) is 4.31 Å². The minimum absolute atomic E-state index is 0.372. The molecule has 1 aliphatic rings. The number of thiazole rings is 1. The summed E-state index contributed by atoms with van der Waals surface area (Å²) >= 11 is 1.25. The van der Waals surface area contributed by atoms with Crippen molar-refractivity contribution in [2.24, 2.45) is 5.92 Å². The highest BCUT2D eigenvalue weighted by molar-refractivity contribution is 7.91. The molecule has 0 aromatic carbocycles. The molecule has 5 nitrogen and oxygen atoms in total. The van der Waals surface area contributed by atoms with Crippen LogP contribution in [-0.4, -0.2) is 43.9 Å². The highest BCUT2D eigenvalue weighted by atomic mass is 32.2. The lowest BCUT2D eigenvalue weighted by Crippen LogP contribution is -2.42. The first kappa shape index (κ1) is 15.9. The van der Waals surface area contributed by atoms with E-state index in [-0.39, 0.29) is 0 Å². The third-order valence-corrected chi connectivity index (χ3v) is 6.75. The molecule has 0 aliphatic carbocycles. The van der Waals surface area contributed by atoms with Crippen LogP contribution in [0.4, 0.5) is 0 Å². The summed E-state index contributed by atoms with van der Waals surface area (Å²) in [5, 5.41) is 4.18. The van der Waals surface area contributed by atoms with E-state index in [1.165, 1.54) is 17.5 Å². The minimum Gasteiger partial charge on any atom is -0.316 e. The van der Waals surface area contributed by atoms with E-state index in [9.17, 15) is 8.42 Å². The average Bonchev–Trinajstić information content (AvgIpc) is 2.87. The van der Waals surface area contributed by atoms with Crippen LogP contribution in [0.25, 0.3) is 0 Å². The summed E-state index contributed by atoms with van der Waals surface area (Å²) in [5.74, 6) is 0.416. The number of aromatic nitrogens is 1. The summed E-state index contributed by atoms with van der Waals surface area (Å²) in [6.45, 7) is 7.12. The maximum Gasteiger partial charge on any atom is 0.254 e. The number of aryl methyl sites for hydroxylation is 1. The van der Waals surface area contributed by atoms with Gasteiger partial charge in [0.05, 0.1) is 11.2 Å². The van der Waals surface area contributed by atoms with Crippen LogP contribution < -0.4 is 5.32 Å². The molecule has 1 N–H and O–H groups in total. The Morgan fingerprint density at radius 2 is 2.35 bits per heavy atom. The maximum atomic E-state index is 12.6. The van der Waals surface area contributed by atoms with Gasteiger partial charge in [-0.05, 0) is 45.2 Å². The van der Waals surface area contributed by atoms with Gasteiger partial charge in [-0.3, -0.25) is 0 Å². The molecule has 0 spiro atoms. The predicted molar refractivity (Wildman–Crippen MR) is 81.5 cm³/mol. The lowest BCUT2D eigenvalue weighted by atomic mass is 10.00. The SMILES string of the molecule is CCCNCC1CCCN(S(=O)(=O)c2cnc(C)s2)C1. The summed E-state index contributed by atoms with van der Waals surface area (Å²) in [5.41, 5.74) is 0. The van der Waals surface area contributed by atoms with Crippen molar-refractivity contribution in [3.8, 4) is 0 Å². The molecule has 0 radical (unpaired) electrons. The third-order valence-electron chi connectivity index (χ3n) is 3.54. The van der Waals surface area contributed by atoms with Crippen molar-refractivity contribution in [3.05, 3.63) is 11.2 Å². The molecule has 1 aromatic heterocycles. The van der Waals surface area contributed by atoms with Gasteiger partial charge in [0.2, 0.25) is 0 Å². The molecule has 0 saturated carbocycles. The third kappa shape index (κ3) is 3.78. The Labute approximate surface area is 125 Å². The smallest absolute Gasteiger partial charge is 0.254 e. The average molecular weight is 317 g/mol. The number of hydrogen-bond acceptors (Lipinski definition) is 5. The van der Waals surface area contributed by atoms with Gasteiger partial charge in [0.25, 0.3) is 10.0 Å². The molecule has 1 atom stereocenters. The van der Waals surface area contributed by atoms with Crippen molar-refractivity contribution in [1.82, 2.24) is 14.6 Å². The van der Waals surface area contributed by atoms with E-state index in [0.29, 0.717) is 23.2 Å². The number of rotatable bonds is 6. The molecule has 0 amide bonds. The van der Waals surface area contributed by atoms with Crippen LogP contribution in [0, 0.1) is 12.8 Å². The van der Waals surface area contributed by atoms with Crippen molar-refractivity contribution in [2.45, 2.75) is 37.3 Å². The lowest BCUT2D eigenvalue weighted by Gasteiger charge is -2.31. The molecule has 1 saturated heterocycles. The van der Waals surface area contributed by atoms with Gasteiger partial charge in [-0.15, -0.1) is 11.3 Å². The molecule has 114 valence electrons. The summed E-state index contributed by atoms with van der Waals surface area (Å²) in [7, 11) is -3.34. The van der Waals surface area contributed by atoms with Gasteiger partial charge in [0.15, 0.2) is 4.21 Å². The van der Waals surface area contributed by atoms with Crippen molar-refractivity contribution in [1.29, 1.82) is 0 Å². The number of nitrogens with zero attached hydrogens (tertiary/aromatic N) is 2. The van der Waals surface area contributed by atoms with Crippen molar-refractivity contribution in [2.75, 3.05) is 26.2 Å². The van der Waals surface area contributed by atoms with E-state index < -0.39 is 10.0 Å². The number of nitrogens with one attached hydrogen (secondary N) is 1. The van der Waals surface area contributed by atoms with Gasteiger partial charge in [-0.25, -0.2) is 13.4 Å². The highest BCUT2D eigenvalue weighted by Gasteiger charge is 2.31. The standard InChI is InChI=1S/C13H23N3O2S2/c1-3-6-14-8-12-5-4-7-16(10-12)20(17,18)13-9-15-11(2)19-13/h9,12,14H,3-8,10H2,1-2H3. The fourth-order valence-electron chi connectivity index (χ4n) is 2.48. The normalized spacial score (nSPS) is 21.2. The Morgan fingerprint density at radius 1 is 1.55 bits per heavy atom. The Kier molecular flexibility index (Phi) is 5.54. The van der Waals surface area contributed by atoms with E-state index in [0.717, 1.165) is 37.4 Å². The number of piperidine rings is 1. The van der Waals surface area contributed by atoms with Crippen LogP contribution in [0.2, 0.25) is 0 Å².